The summed E-state index contributed by atoms with van der Waals surface area (Å²) in [5.41, 5.74) is 0. The fourth-order valence-corrected chi connectivity index (χ4v) is 12.1. The highest BCUT2D eigenvalue weighted by Crippen LogP contribution is 2.45. The molecule has 17 nitrogen and oxygen atoms in total. The molecule has 0 rings (SSSR count). The highest BCUT2D eigenvalue weighted by molar-refractivity contribution is 7.47. The van der Waals surface area contributed by atoms with E-state index < -0.39 is 97.5 Å². The molecule has 0 aliphatic heterocycles. The zero-order chi connectivity index (χ0) is 65.9. The van der Waals surface area contributed by atoms with E-state index in [1.807, 2.05) is 0 Å². The van der Waals surface area contributed by atoms with Gasteiger partial charge in [-0.05, 0) is 43.4 Å². The minimum absolute atomic E-state index is 0.102. The minimum Gasteiger partial charge on any atom is -0.462 e. The summed E-state index contributed by atoms with van der Waals surface area (Å²) in [6.07, 6.45) is 44.6. The topological polar surface area (TPSA) is 237 Å². The molecule has 0 heterocycles. The van der Waals surface area contributed by atoms with Crippen LogP contribution in [0.3, 0.4) is 0 Å². The lowest BCUT2D eigenvalue weighted by Crippen LogP contribution is -2.30. The van der Waals surface area contributed by atoms with Crippen LogP contribution in [-0.2, 0) is 65.4 Å². The zero-order valence-corrected chi connectivity index (χ0v) is 59.7. The number of unbranched alkanes of at least 4 members (excludes halogenated alkanes) is 35. The fraction of sp³-hybridized carbons (Fsp3) is 0.943. The summed E-state index contributed by atoms with van der Waals surface area (Å²) in [6, 6.07) is 0. The number of esters is 4. The summed E-state index contributed by atoms with van der Waals surface area (Å²) in [6.45, 7) is 11.8. The predicted octanol–water partition coefficient (Wildman–Crippen LogP) is 19.8. The Morgan fingerprint density at radius 1 is 0.326 bits per heavy atom. The second kappa shape index (κ2) is 61.0. The Hall–Kier alpha value is -1.94. The second-order valence-corrected chi connectivity index (χ2v) is 29.4. The van der Waals surface area contributed by atoms with Crippen molar-refractivity contribution in [2.45, 2.75) is 369 Å². The van der Waals surface area contributed by atoms with Gasteiger partial charge in [-0.25, -0.2) is 9.13 Å². The monoisotopic (exact) mass is 1310 g/mol. The van der Waals surface area contributed by atoms with Crippen LogP contribution in [0, 0.1) is 17.8 Å². The van der Waals surface area contributed by atoms with Gasteiger partial charge >= 0.3 is 39.5 Å². The molecule has 3 N–H and O–H groups in total. The lowest BCUT2D eigenvalue weighted by molar-refractivity contribution is -0.161. The summed E-state index contributed by atoms with van der Waals surface area (Å²) < 4.78 is 68.2. The van der Waals surface area contributed by atoms with Crippen LogP contribution < -0.4 is 0 Å². The van der Waals surface area contributed by atoms with Crippen molar-refractivity contribution >= 4 is 39.5 Å². The van der Waals surface area contributed by atoms with E-state index in [2.05, 4.69) is 48.5 Å². The molecule has 0 amide bonds. The van der Waals surface area contributed by atoms with E-state index in [9.17, 15) is 43.2 Å². The van der Waals surface area contributed by atoms with Gasteiger partial charge in [-0.3, -0.25) is 37.3 Å². The van der Waals surface area contributed by atoms with Crippen LogP contribution in [0.1, 0.15) is 350 Å². The molecule has 0 aliphatic rings. The highest BCUT2D eigenvalue weighted by atomic mass is 31.2. The summed E-state index contributed by atoms with van der Waals surface area (Å²) >= 11 is 0. The van der Waals surface area contributed by atoms with Gasteiger partial charge in [0.25, 0.3) is 0 Å². The maximum atomic E-state index is 13.0. The summed E-state index contributed by atoms with van der Waals surface area (Å²) in [7, 11) is -9.90. The van der Waals surface area contributed by atoms with E-state index in [0.717, 1.165) is 108 Å². The Morgan fingerprint density at radius 2 is 0.573 bits per heavy atom. The molecule has 3 unspecified atom stereocenters. The molecule has 0 aromatic rings. The molecule has 89 heavy (non-hydrogen) atoms. The number of carbonyl (C=O) groups is 4. The van der Waals surface area contributed by atoms with Gasteiger partial charge < -0.3 is 33.8 Å². The average molecular weight is 1310 g/mol. The molecule has 0 aromatic carbocycles. The molecule has 0 saturated carbocycles. The number of aliphatic hydroxyl groups excluding tert-OH is 1. The van der Waals surface area contributed by atoms with Crippen molar-refractivity contribution < 1.29 is 80.2 Å². The molecular formula is C70H136O17P2. The van der Waals surface area contributed by atoms with E-state index in [1.54, 1.807) is 0 Å². The summed E-state index contributed by atoms with van der Waals surface area (Å²) in [5.74, 6) is 0.100. The Kier molecular flexibility index (Phi) is 59.6. The van der Waals surface area contributed by atoms with E-state index in [-0.39, 0.29) is 25.7 Å². The van der Waals surface area contributed by atoms with Gasteiger partial charge in [0.2, 0.25) is 0 Å². The maximum absolute atomic E-state index is 13.0. The molecule has 0 saturated heterocycles. The predicted molar refractivity (Wildman–Crippen MR) is 358 cm³/mol. The molecule has 19 heteroatoms. The van der Waals surface area contributed by atoms with E-state index in [4.69, 9.17) is 37.0 Å². The van der Waals surface area contributed by atoms with Crippen molar-refractivity contribution in [2.24, 2.45) is 17.8 Å². The van der Waals surface area contributed by atoms with Crippen molar-refractivity contribution in [3.63, 3.8) is 0 Å². The van der Waals surface area contributed by atoms with Crippen molar-refractivity contribution in [1.29, 1.82) is 0 Å². The van der Waals surface area contributed by atoms with Crippen LogP contribution in [0.2, 0.25) is 0 Å². The van der Waals surface area contributed by atoms with Crippen molar-refractivity contribution in [1.82, 2.24) is 0 Å². The van der Waals surface area contributed by atoms with Crippen molar-refractivity contribution in [3.05, 3.63) is 0 Å². The Morgan fingerprint density at radius 3 is 0.854 bits per heavy atom. The lowest BCUT2D eigenvalue weighted by Gasteiger charge is -2.21. The zero-order valence-electron chi connectivity index (χ0n) is 57.9. The third-order valence-corrected chi connectivity index (χ3v) is 18.4. The third kappa shape index (κ3) is 63.2. The number of phosphoric ester groups is 2. The fourth-order valence-electron chi connectivity index (χ4n) is 10.5. The minimum atomic E-state index is -4.95. The molecule has 0 spiro atoms. The average Bonchev–Trinajstić information content (AvgIpc) is 3.70. The van der Waals surface area contributed by atoms with Gasteiger partial charge in [0, 0.05) is 25.7 Å². The van der Waals surface area contributed by atoms with E-state index in [1.165, 1.54) is 154 Å². The van der Waals surface area contributed by atoms with Crippen LogP contribution >= 0.6 is 15.6 Å². The molecule has 0 aromatic heterocycles. The number of carbonyl (C=O) groups excluding carboxylic acids is 4. The van der Waals surface area contributed by atoms with Gasteiger partial charge in [-0.1, -0.05) is 299 Å². The number of rotatable bonds is 68. The highest BCUT2D eigenvalue weighted by Gasteiger charge is 2.30. The van der Waals surface area contributed by atoms with Crippen LogP contribution in [-0.4, -0.2) is 96.7 Å². The van der Waals surface area contributed by atoms with Gasteiger partial charge in [0.15, 0.2) is 12.2 Å². The lowest BCUT2D eigenvalue weighted by atomic mass is 10.00. The summed E-state index contributed by atoms with van der Waals surface area (Å²) in [5, 5.41) is 10.6. The first-order valence-electron chi connectivity index (χ1n) is 36.4. The molecule has 0 fully saturated rings. The first-order chi connectivity index (χ1) is 42.8. The molecule has 0 radical (unpaired) electrons. The number of phosphoric acid groups is 2. The van der Waals surface area contributed by atoms with Gasteiger partial charge in [0.1, 0.15) is 19.3 Å². The van der Waals surface area contributed by atoms with Crippen molar-refractivity contribution in [3.8, 4) is 0 Å². The molecule has 0 aliphatic carbocycles. The molecule has 6 atom stereocenters. The van der Waals surface area contributed by atoms with Gasteiger partial charge in [-0.2, -0.15) is 0 Å². The normalized spacial score (nSPS) is 14.5. The smallest absolute Gasteiger partial charge is 0.462 e. The van der Waals surface area contributed by atoms with Crippen molar-refractivity contribution in [2.75, 3.05) is 39.6 Å². The van der Waals surface area contributed by atoms with E-state index >= 15 is 0 Å². The second-order valence-electron chi connectivity index (χ2n) is 26.5. The van der Waals surface area contributed by atoms with Crippen LogP contribution in [0.25, 0.3) is 0 Å². The number of hydrogen-bond acceptors (Lipinski definition) is 15. The third-order valence-electron chi connectivity index (χ3n) is 16.5. The number of hydrogen-bond donors (Lipinski definition) is 3. The largest absolute Gasteiger partial charge is 0.472 e. The maximum Gasteiger partial charge on any atom is 0.472 e. The quantitative estimate of drug-likeness (QED) is 0.0222. The number of aliphatic hydroxyl groups is 1. The molecule has 0 bridgehead atoms. The number of ether oxygens (including phenoxy) is 4. The summed E-state index contributed by atoms with van der Waals surface area (Å²) in [4.78, 5) is 72.5. The standard InChI is InChI=1S/C70H136O17P2/c1-8-10-11-12-13-14-20-24-29-37-44-51-67(72)80-57-65(86-69(74)53-46-39-30-25-22-19-17-15-16-18-21-23-27-34-41-48-61(3)4)59-84-88(76,77)82-55-64(71)56-83-89(78,79)85-60-66(87-70(75)54-47-40-31-26-28-35-42-49-62(5)6)58-81-68(73)52-45-38-33-32-36-43-50-63(7)9-2/h61-66,71H,8-60H2,1-7H3,(H,76,77)(H,78,79)/t63?,64-,65-,66-/m1/s1. The van der Waals surface area contributed by atoms with Gasteiger partial charge in [-0.15, -0.1) is 0 Å². The first kappa shape index (κ1) is 87.1. The Bertz CT molecular complexity index is 1750. The molecule has 528 valence electrons. The van der Waals surface area contributed by atoms with E-state index in [0.29, 0.717) is 31.6 Å². The van der Waals surface area contributed by atoms with Crippen LogP contribution in [0.4, 0.5) is 0 Å². The van der Waals surface area contributed by atoms with Gasteiger partial charge in [0.05, 0.1) is 26.4 Å². The molecular weight excluding hydrogens is 1170 g/mol. The Balaban J connectivity index is 5.22. The van der Waals surface area contributed by atoms with Crippen LogP contribution in [0.15, 0.2) is 0 Å². The Labute approximate surface area is 543 Å². The SMILES string of the molecule is CCCCCCCCCCCCCC(=O)OC[C@H](COP(=O)(O)OC[C@@H](O)COP(=O)(O)OC[C@@H](COC(=O)CCCCCCCCC(C)CC)OC(=O)CCCCCCCCCC(C)C)OC(=O)CCCCCCCCCCCCCCCCCC(C)C. The first-order valence-corrected chi connectivity index (χ1v) is 39.4. The van der Waals surface area contributed by atoms with Crippen LogP contribution in [0.5, 0.6) is 0 Å².